The fraction of sp³-hybridized carbons (Fsp3) is 0.538. The van der Waals surface area contributed by atoms with Crippen molar-refractivity contribution >= 4 is 15.9 Å². The van der Waals surface area contributed by atoms with Gasteiger partial charge in [0.25, 0.3) is 0 Å². The van der Waals surface area contributed by atoms with Crippen LogP contribution in [0, 0.1) is 0 Å². The van der Waals surface area contributed by atoms with E-state index in [0.29, 0.717) is 18.8 Å². The number of benzene rings is 1. The number of hydrogen-bond donors (Lipinski definition) is 2. The highest BCUT2D eigenvalue weighted by molar-refractivity contribution is 7.90. The fourth-order valence-corrected chi connectivity index (χ4v) is 3.47. The second-order valence-corrected chi connectivity index (χ2v) is 6.47. The van der Waals surface area contributed by atoms with Gasteiger partial charge in [-0.3, -0.25) is 4.31 Å². The SMILES string of the molecule is CCCN(c1ccc(CN)cc1)S(=O)(=O)NC1CC1. The van der Waals surface area contributed by atoms with Gasteiger partial charge in [0.1, 0.15) is 0 Å². The first kappa shape index (κ1) is 14.3. The van der Waals surface area contributed by atoms with E-state index in [1.807, 2.05) is 31.2 Å². The zero-order valence-electron chi connectivity index (χ0n) is 11.2. The van der Waals surface area contributed by atoms with E-state index in [-0.39, 0.29) is 6.04 Å². The minimum Gasteiger partial charge on any atom is -0.326 e. The third kappa shape index (κ3) is 3.68. The smallest absolute Gasteiger partial charge is 0.301 e. The number of nitrogens with two attached hydrogens (primary N) is 1. The topological polar surface area (TPSA) is 75.4 Å². The van der Waals surface area contributed by atoms with Gasteiger partial charge in [0.05, 0.1) is 5.69 Å². The Bertz CT molecular complexity index is 509. The Labute approximate surface area is 115 Å². The lowest BCUT2D eigenvalue weighted by Gasteiger charge is -2.24. The molecular formula is C13H21N3O2S. The maximum Gasteiger partial charge on any atom is 0.301 e. The Kier molecular flexibility index (Phi) is 4.44. The van der Waals surface area contributed by atoms with Crippen LogP contribution >= 0.6 is 0 Å². The second-order valence-electron chi connectivity index (χ2n) is 4.84. The van der Waals surface area contributed by atoms with Crippen molar-refractivity contribution in [1.82, 2.24) is 4.72 Å². The molecule has 0 heterocycles. The van der Waals surface area contributed by atoms with Crippen LogP contribution in [0.1, 0.15) is 31.7 Å². The van der Waals surface area contributed by atoms with E-state index < -0.39 is 10.2 Å². The van der Waals surface area contributed by atoms with Gasteiger partial charge in [-0.25, -0.2) is 0 Å². The first-order valence-electron chi connectivity index (χ1n) is 6.66. The van der Waals surface area contributed by atoms with Gasteiger partial charge in [-0.2, -0.15) is 13.1 Å². The van der Waals surface area contributed by atoms with Crippen LogP contribution in [-0.2, 0) is 16.8 Å². The molecule has 1 aromatic rings. The van der Waals surface area contributed by atoms with Gasteiger partial charge in [0, 0.05) is 19.1 Å². The van der Waals surface area contributed by atoms with Crippen molar-refractivity contribution < 1.29 is 8.42 Å². The molecule has 106 valence electrons. The first-order chi connectivity index (χ1) is 9.06. The van der Waals surface area contributed by atoms with Crippen molar-refractivity contribution in [2.24, 2.45) is 5.73 Å². The van der Waals surface area contributed by atoms with Crippen LogP contribution in [0.25, 0.3) is 0 Å². The predicted octanol–water partition coefficient (Wildman–Crippen LogP) is 1.36. The molecule has 0 amide bonds. The molecule has 1 aromatic carbocycles. The third-order valence-corrected chi connectivity index (χ3v) is 4.67. The van der Waals surface area contributed by atoms with E-state index in [1.165, 1.54) is 4.31 Å². The van der Waals surface area contributed by atoms with Gasteiger partial charge in [-0.15, -0.1) is 0 Å². The minimum absolute atomic E-state index is 0.118. The van der Waals surface area contributed by atoms with Crippen molar-refractivity contribution in [1.29, 1.82) is 0 Å². The standard InChI is InChI=1S/C13H21N3O2S/c1-2-9-16(19(17,18)15-12-5-6-12)13-7-3-11(10-14)4-8-13/h3-4,7-8,12,15H,2,5-6,9-10,14H2,1H3. The van der Waals surface area contributed by atoms with Crippen LogP contribution in [-0.4, -0.2) is 21.0 Å². The maximum atomic E-state index is 12.3. The zero-order valence-corrected chi connectivity index (χ0v) is 12.0. The predicted molar refractivity (Wildman–Crippen MR) is 77.0 cm³/mol. The summed E-state index contributed by atoms with van der Waals surface area (Å²) in [7, 11) is -3.44. The maximum absolute atomic E-state index is 12.3. The third-order valence-electron chi connectivity index (χ3n) is 3.07. The van der Waals surface area contributed by atoms with Gasteiger partial charge in [0.2, 0.25) is 0 Å². The van der Waals surface area contributed by atoms with Gasteiger partial charge in [-0.05, 0) is 37.0 Å². The van der Waals surface area contributed by atoms with Crippen molar-refractivity contribution in [2.75, 3.05) is 10.8 Å². The van der Waals surface area contributed by atoms with Crippen LogP contribution in [0.5, 0.6) is 0 Å². The van der Waals surface area contributed by atoms with Crippen molar-refractivity contribution in [2.45, 2.75) is 38.8 Å². The van der Waals surface area contributed by atoms with E-state index in [0.717, 1.165) is 24.8 Å². The van der Waals surface area contributed by atoms with E-state index in [1.54, 1.807) is 0 Å². The lowest BCUT2D eigenvalue weighted by Crippen LogP contribution is -2.42. The summed E-state index contributed by atoms with van der Waals surface area (Å²) in [6.45, 7) is 2.90. The van der Waals surface area contributed by atoms with E-state index in [2.05, 4.69) is 4.72 Å². The quantitative estimate of drug-likeness (QED) is 0.793. The van der Waals surface area contributed by atoms with Crippen LogP contribution in [0.15, 0.2) is 24.3 Å². The summed E-state index contributed by atoms with van der Waals surface area (Å²) in [6.07, 6.45) is 2.64. The number of nitrogens with one attached hydrogen (secondary N) is 1. The van der Waals surface area contributed by atoms with Crippen LogP contribution in [0.3, 0.4) is 0 Å². The van der Waals surface area contributed by atoms with E-state index in [4.69, 9.17) is 5.73 Å². The minimum atomic E-state index is -3.44. The Morgan fingerprint density at radius 2 is 1.95 bits per heavy atom. The molecule has 1 aliphatic rings. The largest absolute Gasteiger partial charge is 0.326 e. The highest BCUT2D eigenvalue weighted by Crippen LogP contribution is 2.24. The molecule has 0 aromatic heterocycles. The zero-order chi connectivity index (χ0) is 13.9. The van der Waals surface area contributed by atoms with Crippen molar-refractivity contribution in [3.63, 3.8) is 0 Å². The summed E-state index contributed by atoms with van der Waals surface area (Å²) in [5.41, 5.74) is 7.23. The average molecular weight is 283 g/mol. The van der Waals surface area contributed by atoms with Gasteiger partial charge in [0.15, 0.2) is 0 Å². The number of nitrogens with zero attached hydrogens (tertiary/aromatic N) is 1. The number of rotatable bonds is 7. The number of anilines is 1. The lowest BCUT2D eigenvalue weighted by molar-refractivity contribution is 0.575. The van der Waals surface area contributed by atoms with Crippen molar-refractivity contribution in [3.8, 4) is 0 Å². The second kappa shape index (κ2) is 5.90. The normalized spacial score (nSPS) is 15.5. The summed E-state index contributed by atoms with van der Waals surface area (Å²) in [4.78, 5) is 0. The average Bonchev–Trinajstić information content (AvgIpc) is 3.19. The Morgan fingerprint density at radius 3 is 2.42 bits per heavy atom. The molecule has 1 fully saturated rings. The molecule has 0 unspecified atom stereocenters. The van der Waals surface area contributed by atoms with Crippen LogP contribution in [0.4, 0.5) is 5.69 Å². The Morgan fingerprint density at radius 1 is 1.32 bits per heavy atom. The van der Waals surface area contributed by atoms with Crippen LogP contribution < -0.4 is 14.8 Å². The fourth-order valence-electron chi connectivity index (χ4n) is 1.86. The molecule has 2 rings (SSSR count). The molecule has 0 radical (unpaired) electrons. The molecule has 0 aliphatic heterocycles. The van der Waals surface area contributed by atoms with Gasteiger partial charge in [-0.1, -0.05) is 19.1 Å². The molecule has 5 nitrogen and oxygen atoms in total. The van der Waals surface area contributed by atoms with Gasteiger partial charge >= 0.3 is 10.2 Å². The molecule has 19 heavy (non-hydrogen) atoms. The Balaban J connectivity index is 2.21. The molecule has 6 heteroatoms. The Hall–Kier alpha value is -1.11. The molecule has 3 N–H and O–H groups in total. The molecule has 0 spiro atoms. The van der Waals surface area contributed by atoms with Crippen molar-refractivity contribution in [3.05, 3.63) is 29.8 Å². The van der Waals surface area contributed by atoms with E-state index in [9.17, 15) is 8.42 Å². The van der Waals surface area contributed by atoms with Crippen LogP contribution in [0.2, 0.25) is 0 Å². The summed E-state index contributed by atoms with van der Waals surface area (Å²) >= 11 is 0. The highest BCUT2D eigenvalue weighted by atomic mass is 32.2. The first-order valence-corrected chi connectivity index (χ1v) is 8.10. The summed E-state index contributed by atoms with van der Waals surface area (Å²) in [6, 6.07) is 7.47. The molecule has 1 aliphatic carbocycles. The van der Waals surface area contributed by atoms with Gasteiger partial charge < -0.3 is 5.73 Å². The monoisotopic (exact) mass is 283 g/mol. The molecule has 0 saturated heterocycles. The van der Waals surface area contributed by atoms with E-state index >= 15 is 0 Å². The molecule has 0 bridgehead atoms. The number of hydrogen-bond acceptors (Lipinski definition) is 3. The summed E-state index contributed by atoms with van der Waals surface area (Å²) in [5.74, 6) is 0. The molecular weight excluding hydrogens is 262 g/mol. The summed E-state index contributed by atoms with van der Waals surface area (Å²) in [5, 5.41) is 0. The molecule has 1 saturated carbocycles. The lowest BCUT2D eigenvalue weighted by atomic mass is 10.2. The summed E-state index contributed by atoms with van der Waals surface area (Å²) < 4.78 is 28.8. The highest BCUT2D eigenvalue weighted by Gasteiger charge is 2.30. The molecule has 0 atom stereocenters.